The maximum absolute atomic E-state index is 13.3. The number of allylic oxidation sites excluding steroid dienone is 1. The van der Waals surface area contributed by atoms with E-state index in [4.69, 9.17) is 21.1 Å². The maximum Gasteiger partial charge on any atom is 0.264 e. The number of hydrogen-bond donors (Lipinski definition) is 1. The molecule has 0 aromatic heterocycles. The van der Waals surface area contributed by atoms with E-state index in [9.17, 15) is 18.0 Å². The summed E-state index contributed by atoms with van der Waals surface area (Å²) in [5.74, 6) is -0.224. The third-order valence-corrected chi connectivity index (χ3v) is 11.8. The summed E-state index contributed by atoms with van der Waals surface area (Å²) in [7, 11) is -2.41. The molecule has 8 nitrogen and oxygen atoms in total. The summed E-state index contributed by atoms with van der Waals surface area (Å²) in [6, 6.07) is 10.9. The molecule has 1 saturated carbocycles. The van der Waals surface area contributed by atoms with E-state index in [0.717, 1.165) is 55.2 Å². The van der Waals surface area contributed by atoms with Gasteiger partial charge in [-0.25, -0.2) is 13.1 Å². The summed E-state index contributed by atoms with van der Waals surface area (Å²) < 4.78 is 41.1. The Morgan fingerprint density at radius 2 is 1.93 bits per heavy atom. The summed E-state index contributed by atoms with van der Waals surface area (Å²) in [4.78, 5) is 28.2. The van der Waals surface area contributed by atoms with E-state index in [1.54, 1.807) is 32.2 Å². The van der Waals surface area contributed by atoms with Crippen LogP contribution in [-0.4, -0.2) is 51.7 Å². The van der Waals surface area contributed by atoms with Gasteiger partial charge >= 0.3 is 0 Å². The number of hydrogen-bond acceptors (Lipinski definition) is 7. The number of nitrogens with zero attached hydrogens (tertiary/aromatic N) is 1. The van der Waals surface area contributed by atoms with Crippen LogP contribution in [-0.2, 0) is 32.6 Å². The van der Waals surface area contributed by atoms with Gasteiger partial charge in [-0.2, -0.15) is 0 Å². The number of amides is 1. The molecule has 10 heteroatoms. The smallest absolute Gasteiger partial charge is 0.264 e. The Balaban J connectivity index is 1.58. The molecule has 2 aromatic carbocycles. The lowest BCUT2D eigenvalue weighted by molar-refractivity contribution is -0.135. The van der Waals surface area contributed by atoms with Crippen LogP contribution in [0.3, 0.4) is 0 Å². The molecule has 3 aliphatic rings. The highest BCUT2D eigenvalue weighted by Gasteiger charge is 2.47. The number of fused-ring (bicyclic) bond motifs is 3. The number of rotatable bonds is 2. The average Bonchev–Trinajstić information content (AvgIpc) is 3.00. The zero-order chi connectivity index (χ0) is 30.8. The summed E-state index contributed by atoms with van der Waals surface area (Å²) in [5, 5.41) is -0.150. The van der Waals surface area contributed by atoms with Gasteiger partial charge in [-0.3, -0.25) is 9.59 Å². The summed E-state index contributed by atoms with van der Waals surface area (Å²) in [6.45, 7) is 5.09. The first-order chi connectivity index (χ1) is 20.6. The van der Waals surface area contributed by atoms with Gasteiger partial charge in [0, 0.05) is 36.7 Å². The molecule has 2 heterocycles. The Labute approximate surface area is 259 Å². The molecule has 2 unspecified atom stereocenters. The Bertz CT molecular complexity index is 1490. The number of benzene rings is 2. The number of ether oxygens (including phenoxy) is 2. The summed E-state index contributed by atoms with van der Waals surface area (Å²) in [6.07, 6.45) is 9.43. The van der Waals surface area contributed by atoms with Crippen molar-refractivity contribution in [2.24, 2.45) is 17.8 Å². The highest BCUT2D eigenvalue weighted by molar-refractivity contribution is 7.90. The minimum Gasteiger partial charge on any atom is -0.487 e. The highest BCUT2D eigenvalue weighted by Crippen LogP contribution is 2.45. The van der Waals surface area contributed by atoms with Crippen LogP contribution in [0.15, 0.2) is 48.6 Å². The van der Waals surface area contributed by atoms with Crippen molar-refractivity contribution in [3.05, 3.63) is 70.3 Å². The molecule has 1 fully saturated rings. The highest BCUT2D eigenvalue weighted by atomic mass is 35.5. The maximum atomic E-state index is 13.3. The number of methoxy groups -OCH3 is 1. The molecule has 1 amide bonds. The minimum atomic E-state index is -3.97. The van der Waals surface area contributed by atoms with Gasteiger partial charge in [0.15, 0.2) is 6.29 Å². The van der Waals surface area contributed by atoms with Gasteiger partial charge in [-0.15, -0.1) is 0 Å². The molecule has 5 rings (SSSR count). The first-order valence-electron chi connectivity index (χ1n) is 15.1. The fraction of sp³-hybridized carbons (Fsp3) is 0.515. The predicted octanol–water partition coefficient (Wildman–Crippen LogP) is 5.72. The summed E-state index contributed by atoms with van der Waals surface area (Å²) in [5.41, 5.74) is 2.09. The van der Waals surface area contributed by atoms with E-state index < -0.39 is 26.8 Å². The van der Waals surface area contributed by atoms with Crippen LogP contribution in [0.25, 0.3) is 0 Å². The van der Waals surface area contributed by atoms with Crippen molar-refractivity contribution in [2.45, 2.75) is 69.8 Å². The second-order valence-corrected chi connectivity index (χ2v) is 14.7. The fourth-order valence-electron chi connectivity index (χ4n) is 6.51. The van der Waals surface area contributed by atoms with Gasteiger partial charge in [0.1, 0.15) is 18.0 Å². The molecule has 0 radical (unpaired) electrons. The number of carbonyl (C=O) groups is 2. The third-order valence-electron chi connectivity index (χ3n) is 9.64. The van der Waals surface area contributed by atoms with Crippen molar-refractivity contribution in [1.29, 1.82) is 0 Å². The van der Waals surface area contributed by atoms with E-state index in [-0.39, 0.29) is 23.3 Å². The zero-order valence-electron chi connectivity index (χ0n) is 25.1. The third kappa shape index (κ3) is 6.64. The number of aryl methyl sites for hydroxylation is 1. The van der Waals surface area contributed by atoms with Gasteiger partial charge in [-0.05, 0) is 105 Å². The second kappa shape index (κ2) is 13.0. The monoisotopic (exact) mass is 628 g/mol. The number of anilines is 1. The average molecular weight is 629 g/mol. The molecule has 43 heavy (non-hydrogen) atoms. The van der Waals surface area contributed by atoms with Crippen molar-refractivity contribution in [1.82, 2.24) is 4.72 Å². The van der Waals surface area contributed by atoms with E-state index in [2.05, 4.69) is 9.62 Å². The van der Waals surface area contributed by atoms with Gasteiger partial charge in [0.05, 0.1) is 10.9 Å². The molecule has 2 aromatic rings. The van der Waals surface area contributed by atoms with Crippen LogP contribution in [0, 0.1) is 17.8 Å². The molecular formula is C33H41ClN2O6S. The van der Waals surface area contributed by atoms with Crippen LogP contribution >= 0.6 is 11.6 Å². The van der Waals surface area contributed by atoms with Gasteiger partial charge < -0.3 is 14.4 Å². The first kappa shape index (κ1) is 31.5. The number of sulfonamides is 1. The Kier molecular flexibility index (Phi) is 9.54. The zero-order valence-corrected chi connectivity index (χ0v) is 26.6. The lowest BCUT2D eigenvalue weighted by atomic mass is 9.64. The molecule has 0 spiro atoms. The first-order valence-corrected chi connectivity index (χ1v) is 17.0. The number of aldehydes is 1. The van der Waals surface area contributed by atoms with Crippen LogP contribution < -0.4 is 14.4 Å². The number of carbonyl (C=O) groups excluding carboxylic acids is 2. The molecule has 5 atom stereocenters. The fourth-order valence-corrected chi connectivity index (χ4v) is 7.99. The standard InChI is InChI=1S/C33H41ClN2O6S/c1-22-7-6-15-33(21-37,41-3)29-13-10-26(29)19-36-16-5-4-8-24-17-28(34)12-9-27(24)20-42-31-14-11-25(18-30(31)36)32(38)35-43(39,40)23(22)2/h6,9,11-12,14-15,17-18,21-23,26,29H,4-5,7-8,10,13,16,19-20H2,1-3H3,(H,35,38)/b15-6+/t22?,23-,26?,29-,33+/m1/s1. The van der Waals surface area contributed by atoms with Crippen LogP contribution in [0.5, 0.6) is 5.75 Å². The van der Waals surface area contributed by atoms with Crippen LogP contribution in [0.1, 0.15) is 67.4 Å². The summed E-state index contributed by atoms with van der Waals surface area (Å²) >= 11 is 6.31. The predicted molar refractivity (Wildman–Crippen MR) is 168 cm³/mol. The van der Waals surface area contributed by atoms with Crippen molar-refractivity contribution < 1.29 is 27.5 Å². The molecule has 232 valence electrons. The van der Waals surface area contributed by atoms with E-state index >= 15 is 0 Å². The number of nitrogens with one attached hydrogen (secondary N) is 1. The van der Waals surface area contributed by atoms with Crippen molar-refractivity contribution in [2.75, 3.05) is 25.1 Å². The Morgan fingerprint density at radius 3 is 2.65 bits per heavy atom. The van der Waals surface area contributed by atoms with Gasteiger partial charge in [0.2, 0.25) is 10.0 Å². The molecule has 0 saturated heterocycles. The van der Waals surface area contributed by atoms with Crippen LogP contribution in [0.4, 0.5) is 5.69 Å². The molecule has 2 bridgehead atoms. The van der Waals surface area contributed by atoms with Crippen molar-refractivity contribution in [3.63, 3.8) is 0 Å². The Hall–Kier alpha value is -2.88. The van der Waals surface area contributed by atoms with E-state index in [1.165, 1.54) is 0 Å². The Morgan fingerprint density at radius 1 is 1.12 bits per heavy atom. The normalized spacial score (nSPS) is 30.2. The SMILES string of the molecule is CO[C@]1(C=O)/C=C/CC(C)[C@@H](C)S(=O)(=O)NC(=O)c2ccc3c(c2)N(CCCCc2cc(Cl)ccc2CO3)CC2CC[C@H]21. The van der Waals surface area contributed by atoms with Crippen molar-refractivity contribution in [3.8, 4) is 5.75 Å². The number of halogens is 1. The van der Waals surface area contributed by atoms with Crippen LogP contribution in [0.2, 0.25) is 5.02 Å². The quantitative estimate of drug-likeness (QED) is 0.335. The second-order valence-electron chi connectivity index (χ2n) is 12.2. The van der Waals surface area contributed by atoms with E-state index in [0.29, 0.717) is 36.9 Å². The van der Waals surface area contributed by atoms with Crippen molar-refractivity contribution >= 4 is 39.5 Å². The molecular weight excluding hydrogens is 588 g/mol. The van der Waals surface area contributed by atoms with E-state index in [1.807, 2.05) is 37.3 Å². The molecule has 1 aliphatic carbocycles. The largest absolute Gasteiger partial charge is 0.487 e. The molecule has 1 N–H and O–H groups in total. The minimum absolute atomic E-state index is 0.0314. The van der Waals surface area contributed by atoms with Gasteiger partial charge in [-0.1, -0.05) is 30.7 Å². The van der Waals surface area contributed by atoms with Gasteiger partial charge in [0.25, 0.3) is 5.91 Å². The topological polar surface area (TPSA) is 102 Å². The lowest BCUT2D eigenvalue weighted by Gasteiger charge is -2.47. The lowest BCUT2D eigenvalue weighted by Crippen LogP contribution is -2.52. The molecule has 2 aliphatic heterocycles.